The highest BCUT2D eigenvalue weighted by atomic mass is 14.1. The topological polar surface area (TPSA) is 0 Å². The second-order valence-electron chi connectivity index (χ2n) is 4.85. The normalized spacial score (nSPS) is 22.5. The van der Waals surface area contributed by atoms with Crippen LogP contribution in [0.1, 0.15) is 64.2 Å². The van der Waals surface area contributed by atoms with Crippen LogP contribution in [0.2, 0.25) is 0 Å². The van der Waals surface area contributed by atoms with Crippen molar-refractivity contribution in [2.24, 2.45) is 0 Å². The molecule has 0 unspecified atom stereocenters. The van der Waals surface area contributed by atoms with Crippen LogP contribution in [-0.2, 0) is 0 Å². The lowest BCUT2D eigenvalue weighted by Gasteiger charge is -2.11. The Hall–Kier alpha value is -0.960. The maximum absolute atomic E-state index is 3.51. The Morgan fingerprint density at radius 2 is 1.12 bits per heavy atom. The summed E-state index contributed by atoms with van der Waals surface area (Å²) in [6, 6.07) is 0. The Bertz CT molecular complexity index is 308. The van der Waals surface area contributed by atoms with E-state index in [-0.39, 0.29) is 0 Å². The third-order valence-corrected chi connectivity index (χ3v) is 3.47. The lowest BCUT2D eigenvalue weighted by molar-refractivity contribution is 0.656. The van der Waals surface area contributed by atoms with Gasteiger partial charge in [-0.2, -0.15) is 0 Å². The standard InChI is InChI=1S/C16H22/c1-3-7-11-15(12-8-4-1)16-13-9-5-2-6-10-14-16/h7,9H,1-6,8,10,12,14H2. The van der Waals surface area contributed by atoms with E-state index in [1.54, 1.807) is 0 Å². The maximum Gasteiger partial charge on any atom is 0.00453 e. The minimum absolute atomic E-state index is 1.21. The van der Waals surface area contributed by atoms with Gasteiger partial charge in [0.05, 0.1) is 0 Å². The second kappa shape index (κ2) is 6.59. The summed E-state index contributed by atoms with van der Waals surface area (Å²) in [6.45, 7) is 0. The lowest BCUT2D eigenvalue weighted by atomic mass is 9.93. The van der Waals surface area contributed by atoms with Crippen molar-refractivity contribution in [3.8, 4) is 0 Å². The van der Waals surface area contributed by atoms with Crippen LogP contribution in [0.15, 0.2) is 34.8 Å². The summed E-state index contributed by atoms with van der Waals surface area (Å²) in [7, 11) is 0. The molecular weight excluding hydrogens is 192 g/mol. The van der Waals surface area contributed by atoms with Gasteiger partial charge < -0.3 is 0 Å². The van der Waals surface area contributed by atoms with Crippen LogP contribution in [0.3, 0.4) is 0 Å². The Balaban J connectivity index is 2.19. The van der Waals surface area contributed by atoms with Gasteiger partial charge >= 0.3 is 0 Å². The molecule has 0 fully saturated rings. The van der Waals surface area contributed by atoms with E-state index >= 15 is 0 Å². The van der Waals surface area contributed by atoms with Gasteiger partial charge in [-0.3, -0.25) is 0 Å². The van der Waals surface area contributed by atoms with E-state index < -0.39 is 0 Å². The zero-order chi connectivity index (χ0) is 11.1. The van der Waals surface area contributed by atoms with Gasteiger partial charge in [-0.25, -0.2) is 0 Å². The number of allylic oxidation sites excluding steroid dienone is 2. The van der Waals surface area contributed by atoms with E-state index in [2.05, 4.69) is 23.6 Å². The first-order valence-corrected chi connectivity index (χ1v) is 6.85. The Morgan fingerprint density at radius 3 is 1.62 bits per heavy atom. The fourth-order valence-corrected chi connectivity index (χ4v) is 2.46. The molecule has 0 nitrogen and oxygen atoms in total. The van der Waals surface area contributed by atoms with Gasteiger partial charge in [0.1, 0.15) is 0 Å². The SMILES string of the molecule is C1=CCCCCCC=1C1=C=CCCCCC1. The fourth-order valence-electron chi connectivity index (χ4n) is 2.46. The van der Waals surface area contributed by atoms with Crippen LogP contribution >= 0.6 is 0 Å². The average molecular weight is 214 g/mol. The maximum atomic E-state index is 3.51. The molecule has 16 heavy (non-hydrogen) atoms. The van der Waals surface area contributed by atoms with Crippen molar-refractivity contribution in [1.82, 2.24) is 0 Å². The van der Waals surface area contributed by atoms with E-state index in [4.69, 9.17) is 0 Å². The van der Waals surface area contributed by atoms with E-state index in [0.29, 0.717) is 0 Å². The summed E-state index contributed by atoms with van der Waals surface area (Å²) < 4.78 is 0. The molecule has 0 atom stereocenters. The lowest BCUT2D eigenvalue weighted by Crippen LogP contribution is -1.93. The molecule has 2 aliphatic carbocycles. The number of hydrogen-bond donors (Lipinski definition) is 0. The molecule has 0 N–H and O–H groups in total. The quantitative estimate of drug-likeness (QED) is 0.534. The molecule has 0 saturated carbocycles. The highest BCUT2D eigenvalue weighted by Crippen LogP contribution is 2.24. The molecule has 0 saturated heterocycles. The number of hydrogen-bond acceptors (Lipinski definition) is 0. The van der Waals surface area contributed by atoms with E-state index in [1.807, 2.05) is 0 Å². The molecule has 0 aromatic carbocycles. The summed E-state index contributed by atoms with van der Waals surface area (Å²) in [4.78, 5) is 0. The third kappa shape index (κ3) is 3.56. The molecule has 2 aliphatic rings. The van der Waals surface area contributed by atoms with Crippen LogP contribution in [0.4, 0.5) is 0 Å². The van der Waals surface area contributed by atoms with E-state index in [0.717, 1.165) is 0 Å². The van der Waals surface area contributed by atoms with Gasteiger partial charge in [-0.15, -0.1) is 11.5 Å². The van der Waals surface area contributed by atoms with E-state index in [1.165, 1.54) is 75.4 Å². The predicted molar refractivity (Wildman–Crippen MR) is 69.4 cm³/mol. The van der Waals surface area contributed by atoms with Crippen LogP contribution in [-0.4, -0.2) is 0 Å². The molecular formula is C16H22. The van der Waals surface area contributed by atoms with Crippen molar-refractivity contribution in [3.63, 3.8) is 0 Å². The molecule has 0 bridgehead atoms. The highest BCUT2D eigenvalue weighted by molar-refractivity contribution is 5.30. The Kier molecular flexibility index (Phi) is 4.74. The molecule has 86 valence electrons. The van der Waals surface area contributed by atoms with Crippen LogP contribution in [0, 0.1) is 0 Å². The van der Waals surface area contributed by atoms with E-state index in [9.17, 15) is 0 Å². The van der Waals surface area contributed by atoms with Gasteiger partial charge in [-0.1, -0.05) is 12.8 Å². The molecule has 0 amide bonds. The minimum Gasteiger partial charge on any atom is -0.121 e. The summed E-state index contributed by atoms with van der Waals surface area (Å²) in [5.74, 6) is 0. The van der Waals surface area contributed by atoms with Crippen LogP contribution in [0.5, 0.6) is 0 Å². The van der Waals surface area contributed by atoms with Gasteiger partial charge in [0.25, 0.3) is 0 Å². The molecule has 0 radical (unpaired) electrons. The molecule has 0 aromatic heterocycles. The van der Waals surface area contributed by atoms with Gasteiger partial charge in [0.2, 0.25) is 0 Å². The van der Waals surface area contributed by atoms with Crippen molar-refractivity contribution >= 4 is 0 Å². The second-order valence-corrected chi connectivity index (χ2v) is 4.85. The molecule has 0 heteroatoms. The summed E-state index contributed by atoms with van der Waals surface area (Å²) in [6.07, 6.45) is 17.4. The summed E-state index contributed by atoms with van der Waals surface area (Å²) >= 11 is 0. The zero-order valence-electron chi connectivity index (χ0n) is 10.2. The fraction of sp³-hybridized carbons (Fsp3) is 0.625. The van der Waals surface area contributed by atoms with Crippen molar-refractivity contribution in [2.75, 3.05) is 0 Å². The van der Waals surface area contributed by atoms with Crippen molar-refractivity contribution in [3.05, 3.63) is 34.8 Å². The summed E-state index contributed by atoms with van der Waals surface area (Å²) in [5.41, 5.74) is 9.91. The Labute approximate surface area is 99.4 Å². The van der Waals surface area contributed by atoms with Crippen molar-refractivity contribution in [2.45, 2.75) is 64.2 Å². The smallest absolute Gasteiger partial charge is 0.00453 e. The first-order valence-electron chi connectivity index (χ1n) is 6.85. The Morgan fingerprint density at radius 1 is 0.625 bits per heavy atom. The molecule has 0 spiro atoms. The van der Waals surface area contributed by atoms with Gasteiger partial charge in [0, 0.05) is 11.1 Å². The van der Waals surface area contributed by atoms with Crippen LogP contribution in [0.25, 0.3) is 0 Å². The first-order chi connectivity index (χ1) is 7.97. The predicted octanol–water partition coefficient (Wildman–Crippen LogP) is 5.08. The van der Waals surface area contributed by atoms with Gasteiger partial charge in [0.15, 0.2) is 0 Å². The molecule has 2 rings (SSSR count). The van der Waals surface area contributed by atoms with Crippen molar-refractivity contribution < 1.29 is 0 Å². The number of rotatable bonds is 1. The van der Waals surface area contributed by atoms with Crippen molar-refractivity contribution in [1.29, 1.82) is 0 Å². The third-order valence-electron chi connectivity index (χ3n) is 3.47. The minimum atomic E-state index is 1.21. The van der Waals surface area contributed by atoms with Crippen LogP contribution < -0.4 is 0 Å². The largest absolute Gasteiger partial charge is 0.121 e. The molecule has 0 aromatic rings. The summed E-state index contributed by atoms with van der Waals surface area (Å²) in [5, 5.41) is 0. The average Bonchev–Trinajstić information content (AvgIpc) is 2.18. The monoisotopic (exact) mass is 214 g/mol. The highest BCUT2D eigenvalue weighted by Gasteiger charge is 2.07. The molecule has 0 aliphatic heterocycles. The molecule has 0 heterocycles. The van der Waals surface area contributed by atoms with Gasteiger partial charge in [-0.05, 0) is 63.5 Å². The zero-order valence-corrected chi connectivity index (χ0v) is 10.2. The first kappa shape index (κ1) is 11.5.